The molecule has 0 N–H and O–H groups in total. The van der Waals surface area contributed by atoms with E-state index in [4.69, 9.17) is 0 Å². The van der Waals surface area contributed by atoms with Gasteiger partial charge in [0, 0.05) is 42.9 Å². The third-order valence-corrected chi connectivity index (χ3v) is 6.49. The van der Waals surface area contributed by atoms with Gasteiger partial charge in [-0.2, -0.15) is 0 Å². The van der Waals surface area contributed by atoms with Gasteiger partial charge in [-0.1, -0.05) is 12.1 Å². The molecule has 2 fully saturated rings. The monoisotopic (exact) mass is 346 g/mol. The molecule has 2 amide bonds. The molecule has 0 aromatic carbocycles. The summed E-state index contributed by atoms with van der Waals surface area (Å²) >= 11 is 3.22. The Morgan fingerprint density at radius 3 is 2.30 bits per heavy atom. The lowest BCUT2D eigenvalue weighted by Crippen LogP contribution is -2.51. The smallest absolute Gasteiger partial charge is 0.264 e. The lowest BCUT2D eigenvalue weighted by Gasteiger charge is -2.34. The minimum atomic E-state index is 0.0926. The molecule has 0 radical (unpaired) electrons. The summed E-state index contributed by atoms with van der Waals surface area (Å²) in [4.78, 5) is 30.8. The molecule has 23 heavy (non-hydrogen) atoms. The van der Waals surface area contributed by atoms with Gasteiger partial charge in [-0.25, -0.2) is 0 Å². The molecule has 1 saturated carbocycles. The number of rotatable bonds is 3. The van der Waals surface area contributed by atoms with Crippen LogP contribution in [0.25, 0.3) is 0 Å². The molecule has 4 rings (SSSR count). The van der Waals surface area contributed by atoms with Crippen LogP contribution in [0.3, 0.4) is 0 Å². The zero-order valence-electron chi connectivity index (χ0n) is 12.7. The van der Waals surface area contributed by atoms with E-state index in [1.807, 2.05) is 27.3 Å². The largest absolute Gasteiger partial charge is 0.339 e. The molecule has 0 bridgehead atoms. The Kier molecular flexibility index (Phi) is 3.95. The maximum Gasteiger partial charge on any atom is 0.264 e. The van der Waals surface area contributed by atoms with Gasteiger partial charge in [0.05, 0.1) is 4.88 Å². The van der Waals surface area contributed by atoms with Crippen molar-refractivity contribution >= 4 is 34.5 Å². The molecule has 2 aromatic rings. The first-order chi connectivity index (χ1) is 11.2. The van der Waals surface area contributed by atoms with Crippen molar-refractivity contribution < 1.29 is 9.59 Å². The summed E-state index contributed by atoms with van der Waals surface area (Å²) in [5.74, 6) is 0.947. The maximum atomic E-state index is 12.6. The van der Waals surface area contributed by atoms with E-state index in [1.165, 1.54) is 16.2 Å². The van der Waals surface area contributed by atoms with Crippen LogP contribution < -0.4 is 0 Å². The summed E-state index contributed by atoms with van der Waals surface area (Å²) in [7, 11) is 0. The number of hydrogen-bond donors (Lipinski definition) is 0. The fourth-order valence-corrected chi connectivity index (χ4v) is 4.80. The van der Waals surface area contributed by atoms with Crippen molar-refractivity contribution in [3.05, 3.63) is 44.8 Å². The minimum Gasteiger partial charge on any atom is -0.339 e. The van der Waals surface area contributed by atoms with Gasteiger partial charge in [0.1, 0.15) is 0 Å². The number of thiophene rings is 2. The second kappa shape index (κ2) is 6.09. The third-order valence-electron chi connectivity index (χ3n) is 4.63. The van der Waals surface area contributed by atoms with Crippen molar-refractivity contribution in [3.63, 3.8) is 0 Å². The van der Waals surface area contributed by atoms with Crippen molar-refractivity contribution in [3.8, 4) is 0 Å². The van der Waals surface area contributed by atoms with E-state index < -0.39 is 0 Å². The molecule has 6 heteroatoms. The fraction of sp³-hybridized carbons (Fsp3) is 0.412. The normalized spacial score (nSPS) is 23.8. The third kappa shape index (κ3) is 2.93. The van der Waals surface area contributed by atoms with E-state index in [2.05, 4.69) is 17.5 Å². The van der Waals surface area contributed by atoms with Gasteiger partial charge < -0.3 is 9.80 Å². The van der Waals surface area contributed by atoms with E-state index >= 15 is 0 Å². The van der Waals surface area contributed by atoms with Crippen LogP contribution in [-0.4, -0.2) is 47.8 Å². The molecular weight excluding hydrogens is 328 g/mol. The van der Waals surface area contributed by atoms with Crippen LogP contribution in [-0.2, 0) is 4.79 Å². The lowest BCUT2D eigenvalue weighted by molar-refractivity contribution is -0.134. The highest BCUT2D eigenvalue weighted by atomic mass is 32.1. The van der Waals surface area contributed by atoms with Gasteiger partial charge in [-0.3, -0.25) is 9.59 Å². The molecule has 3 heterocycles. The molecule has 1 aliphatic carbocycles. The molecule has 1 saturated heterocycles. The van der Waals surface area contributed by atoms with Crippen molar-refractivity contribution in [1.82, 2.24) is 9.80 Å². The summed E-state index contributed by atoms with van der Waals surface area (Å²) < 4.78 is 0. The van der Waals surface area contributed by atoms with Crippen LogP contribution in [0.4, 0.5) is 0 Å². The Hall–Kier alpha value is -1.66. The second-order valence-corrected chi connectivity index (χ2v) is 7.99. The van der Waals surface area contributed by atoms with Gasteiger partial charge in [0.2, 0.25) is 5.91 Å². The van der Waals surface area contributed by atoms with E-state index in [0.29, 0.717) is 32.1 Å². The Morgan fingerprint density at radius 1 is 0.957 bits per heavy atom. The highest BCUT2D eigenvalue weighted by molar-refractivity contribution is 7.12. The van der Waals surface area contributed by atoms with Crippen molar-refractivity contribution in [1.29, 1.82) is 0 Å². The van der Waals surface area contributed by atoms with Crippen LogP contribution >= 0.6 is 22.7 Å². The molecule has 1 aliphatic heterocycles. The van der Waals surface area contributed by atoms with Crippen molar-refractivity contribution in [2.75, 3.05) is 26.2 Å². The van der Waals surface area contributed by atoms with Gasteiger partial charge in [0.15, 0.2) is 0 Å². The standard InChI is InChI=1S/C17H18N2O2S2/c20-16(13-11-12(13)14-3-1-9-22-14)18-5-7-19(8-6-18)17(21)15-4-2-10-23-15/h1-4,9-10,12-13H,5-8,11H2/t12-,13+/m1/s1. The van der Waals surface area contributed by atoms with E-state index in [-0.39, 0.29) is 17.7 Å². The van der Waals surface area contributed by atoms with Crippen LogP contribution in [0.2, 0.25) is 0 Å². The quantitative estimate of drug-likeness (QED) is 0.857. The summed E-state index contributed by atoms with van der Waals surface area (Å²) in [6.07, 6.45) is 0.980. The minimum absolute atomic E-state index is 0.0926. The topological polar surface area (TPSA) is 40.6 Å². The van der Waals surface area contributed by atoms with Gasteiger partial charge >= 0.3 is 0 Å². The highest BCUT2D eigenvalue weighted by Crippen LogP contribution is 2.50. The first-order valence-electron chi connectivity index (χ1n) is 7.89. The predicted molar refractivity (Wildman–Crippen MR) is 92.0 cm³/mol. The molecule has 2 aromatic heterocycles. The highest BCUT2D eigenvalue weighted by Gasteiger charge is 2.46. The molecule has 4 nitrogen and oxygen atoms in total. The molecule has 0 unspecified atom stereocenters. The van der Waals surface area contributed by atoms with E-state index in [0.717, 1.165) is 11.3 Å². The maximum absolute atomic E-state index is 12.6. The number of nitrogens with zero attached hydrogens (tertiary/aromatic N) is 2. The van der Waals surface area contributed by atoms with E-state index in [1.54, 1.807) is 11.3 Å². The Labute approximate surface area is 143 Å². The van der Waals surface area contributed by atoms with Crippen LogP contribution in [0, 0.1) is 5.92 Å². The van der Waals surface area contributed by atoms with E-state index in [9.17, 15) is 9.59 Å². The fourth-order valence-electron chi connectivity index (χ4n) is 3.21. The Balaban J connectivity index is 1.32. The Bertz CT molecular complexity index is 688. The predicted octanol–water partition coefficient (Wildman–Crippen LogP) is 2.90. The average Bonchev–Trinajstić information content (AvgIpc) is 3.00. The first kappa shape index (κ1) is 14.9. The second-order valence-electron chi connectivity index (χ2n) is 6.06. The van der Waals surface area contributed by atoms with Crippen LogP contribution in [0.1, 0.15) is 26.9 Å². The zero-order valence-corrected chi connectivity index (χ0v) is 14.3. The number of amides is 2. The number of piperazine rings is 1. The summed E-state index contributed by atoms with van der Waals surface area (Å²) in [5, 5.41) is 4.00. The molecule has 0 spiro atoms. The van der Waals surface area contributed by atoms with Crippen LogP contribution in [0.15, 0.2) is 35.0 Å². The summed E-state index contributed by atoms with van der Waals surface area (Å²) in [5.41, 5.74) is 0. The van der Waals surface area contributed by atoms with Gasteiger partial charge in [-0.15, -0.1) is 22.7 Å². The van der Waals surface area contributed by atoms with Gasteiger partial charge in [-0.05, 0) is 29.3 Å². The first-order valence-corrected chi connectivity index (χ1v) is 9.65. The SMILES string of the molecule is O=C(c1cccs1)N1CCN(C(=O)[C@H]2C[C@H]2c2cccs2)CC1. The van der Waals surface area contributed by atoms with Crippen LogP contribution in [0.5, 0.6) is 0 Å². The zero-order chi connectivity index (χ0) is 15.8. The Morgan fingerprint density at radius 2 is 1.65 bits per heavy atom. The summed E-state index contributed by atoms with van der Waals surface area (Å²) in [6.45, 7) is 2.59. The molecular formula is C17H18N2O2S2. The number of hydrogen-bond acceptors (Lipinski definition) is 4. The molecule has 2 aliphatic rings. The molecule has 2 atom stereocenters. The average molecular weight is 346 g/mol. The van der Waals surface area contributed by atoms with Crippen molar-refractivity contribution in [2.24, 2.45) is 5.92 Å². The number of carbonyl (C=O) groups excluding carboxylic acids is 2. The number of carbonyl (C=O) groups is 2. The van der Waals surface area contributed by atoms with Crippen molar-refractivity contribution in [2.45, 2.75) is 12.3 Å². The lowest BCUT2D eigenvalue weighted by atomic mass is 10.2. The summed E-state index contributed by atoms with van der Waals surface area (Å²) in [6, 6.07) is 7.94. The van der Waals surface area contributed by atoms with Gasteiger partial charge in [0.25, 0.3) is 5.91 Å². The molecule has 120 valence electrons.